The van der Waals surface area contributed by atoms with Crippen molar-refractivity contribution in [2.24, 2.45) is 0 Å². The quantitative estimate of drug-likeness (QED) is 0.507. The van der Waals surface area contributed by atoms with Crippen LogP contribution in [0.4, 0.5) is 0 Å². The van der Waals surface area contributed by atoms with Gasteiger partial charge in [0.15, 0.2) is 0 Å². The maximum Gasteiger partial charge on any atom is 0.137 e. The number of benzene rings is 2. The largest absolute Gasteiger partial charge is 0.306 e. The summed E-state index contributed by atoms with van der Waals surface area (Å²) in [6, 6.07) is 21.4. The molecule has 4 aromatic rings. The fourth-order valence-corrected chi connectivity index (χ4v) is 3.12. The Morgan fingerprint density at radius 1 is 0.917 bits per heavy atom. The predicted octanol–water partition coefficient (Wildman–Crippen LogP) is 5.19. The number of imidazole rings is 1. The van der Waals surface area contributed by atoms with Gasteiger partial charge >= 0.3 is 0 Å². The van der Waals surface area contributed by atoms with Crippen molar-refractivity contribution in [3.05, 3.63) is 83.6 Å². The third-order valence-electron chi connectivity index (χ3n) is 3.97. The zero-order chi connectivity index (χ0) is 16.5. The predicted molar refractivity (Wildman–Crippen MR) is 95.8 cm³/mol. The van der Waals surface area contributed by atoms with Crippen molar-refractivity contribution in [1.82, 2.24) is 9.38 Å². The summed E-state index contributed by atoms with van der Waals surface area (Å²) in [6.07, 6.45) is 3.88. The van der Waals surface area contributed by atoms with Gasteiger partial charge in [0.05, 0.1) is 17.3 Å². The first-order valence-electron chi connectivity index (χ1n) is 7.50. The third kappa shape index (κ3) is 2.34. The van der Waals surface area contributed by atoms with Gasteiger partial charge in [-0.3, -0.25) is 0 Å². The molecule has 2 heterocycles. The molecule has 0 unspecified atom stereocenters. The molecule has 0 saturated carbocycles. The molecule has 4 rings (SSSR count). The van der Waals surface area contributed by atoms with Gasteiger partial charge in [0.25, 0.3) is 0 Å². The first-order chi connectivity index (χ1) is 11.8. The molecule has 0 saturated heterocycles. The lowest BCUT2D eigenvalue weighted by molar-refractivity contribution is 1.19. The van der Waals surface area contributed by atoms with Gasteiger partial charge < -0.3 is 4.40 Å². The molecule has 0 bridgehead atoms. The topological polar surface area (TPSA) is 41.1 Å². The second-order valence-corrected chi connectivity index (χ2v) is 5.82. The van der Waals surface area contributed by atoms with E-state index in [1.807, 2.05) is 71.4 Å². The molecule has 4 heteroatoms. The number of nitrogens with zero attached hydrogens (tertiary/aromatic N) is 3. The molecule has 0 N–H and O–H groups in total. The van der Waals surface area contributed by atoms with E-state index in [0.717, 1.165) is 28.0 Å². The van der Waals surface area contributed by atoms with Crippen molar-refractivity contribution in [1.29, 1.82) is 5.26 Å². The van der Waals surface area contributed by atoms with Crippen LogP contribution >= 0.6 is 11.6 Å². The summed E-state index contributed by atoms with van der Waals surface area (Å²) >= 11 is 6.38. The highest BCUT2D eigenvalue weighted by molar-refractivity contribution is 6.33. The molecule has 2 aromatic carbocycles. The van der Waals surface area contributed by atoms with E-state index in [-0.39, 0.29) is 0 Å². The number of nitriles is 1. The lowest BCUT2D eigenvalue weighted by Crippen LogP contribution is -1.91. The van der Waals surface area contributed by atoms with Crippen LogP contribution in [0.2, 0.25) is 5.02 Å². The van der Waals surface area contributed by atoms with Gasteiger partial charge in [-0.05, 0) is 29.8 Å². The van der Waals surface area contributed by atoms with Crippen LogP contribution in [0.5, 0.6) is 0 Å². The molecule has 0 spiro atoms. The van der Waals surface area contributed by atoms with Crippen LogP contribution in [-0.2, 0) is 0 Å². The van der Waals surface area contributed by atoms with Crippen molar-refractivity contribution in [3.63, 3.8) is 0 Å². The van der Waals surface area contributed by atoms with Crippen LogP contribution in [-0.4, -0.2) is 9.38 Å². The SMILES string of the molecule is N#Cc1cccc(-c2ccccc2Cl)c1-c1cn2ccccc2n1. The van der Waals surface area contributed by atoms with Gasteiger partial charge in [-0.1, -0.05) is 48.0 Å². The lowest BCUT2D eigenvalue weighted by atomic mass is 9.94. The molecule has 0 amide bonds. The van der Waals surface area contributed by atoms with E-state index in [2.05, 4.69) is 11.1 Å². The molecule has 0 aliphatic rings. The van der Waals surface area contributed by atoms with E-state index in [0.29, 0.717) is 10.6 Å². The average molecular weight is 330 g/mol. The molecule has 0 aliphatic heterocycles. The van der Waals surface area contributed by atoms with Gasteiger partial charge in [-0.25, -0.2) is 4.98 Å². The summed E-state index contributed by atoms with van der Waals surface area (Å²) in [4.78, 5) is 4.68. The Labute approximate surface area is 144 Å². The van der Waals surface area contributed by atoms with Gasteiger partial charge in [0.2, 0.25) is 0 Å². The Balaban J connectivity index is 2.04. The molecule has 2 aromatic heterocycles. The normalized spacial score (nSPS) is 10.7. The van der Waals surface area contributed by atoms with Crippen LogP contribution in [0.25, 0.3) is 28.0 Å². The van der Waals surface area contributed by atoms with Gasteiger partial charge in [-0.2, -0.15) is 5.26 Å². The first kappa shape index (κ1) is 14.5. The van der Waals surface area contributed by atoms with E-state index in [1.54, 1.807) is 6.07 Å². The van der Waals surface area contributed by atoms with Crippen LogP contribution in [0.3, 0.4) is 0 Å². The highest BCUT2D eigenvalue weighted by Crippen LogP contribution is 2.37. The Hall–Kier alpha value is -3.09. The molecule has 0 atom stereocenters. The summed E-state index contributed by atoms with van der Waals surface area (Å²) in [5.41, 5.74) is 4.78. The van der Waals surface area contributed by atoms with Gasteiger partial charge in [0.1, 0.15) is 5.65 Å². The third-order valence-corrected chi connectivity index (χ3v) is 4.30. The molecule has 24 heavy (non-hydrogen) atoms. The lowest BCUT2D eigenvalue weighted by Gasteiger charge is -2.11. The monoisotopic (exact) mass is 329 g/mol. The average Bonchev–Trinajstić information content (AvgIpc) is 3.05. The Kier molecular flexibility index (Phi) is 3.53. The molecule has 114 valence electrons. The van der Waals surface area contributed by atoms with E-state index in [4.69, 9.17) is 11.6 Å². The summed E-state index contributed by atoms with van der Waals surface area (Å²) < 4.78 is 1.94. The molecule has 0 aliphatic carbocycles. The van der Waals surface area contributed by atoms with E-state index < -0.39 is 0 Å². The van der Waals surface area contributed by atoms with E-state index >= 15 is 0 Å². The second-order valence-electron chi connectivity index (χ2n) is 5.41. The Bertz CT molecular complexity index is 1060. The zero-order valence-electron chi connectivity index (χ0n) is 12.6. The fraction of sp³-hybridized carbons (Fsp3) is 0. The van der Waals surface area contributed by atoms with Crippen molar-refractivity contribution in [2.45, 2.75) is 0 Å². The summed E-state index contributed by atoms with van der Waals surface area (Å²) in [5.74, 6) is 0. The second kappa shape index (κ2) is 5.84. The van der Waals surface area contributed by atoms with Crippen LogP contribution in [0, 0.1) is 11.3 Å². The minimum atomic E-state index is 0.579. The van der Waals surface area contributed by atoms with E-state index in [1.165, 1.54) is 0 Å². The van der Waals surface area contributed by atoms with Crippen LogP contribution < -0.4 is 0 Å². The van der Waals surface area contributed by atoms with Crippen molar-refractivity contribution in [3.8, 4) is 28.5 Å². The summed E-state index contributed by atoms with van der Waals surface area (Å²) in [7, 11) is 0. The minimum absolute atomic E-state index is 0.579. The molecule has 0 radical (unpaired) electrons. The highest BCUT2D eigenvalue weighted by Gasteiger charge is 2.16. The van der Waals surface area contributed by atoms with Crippen LogP contribution in [0.1, 0.15) is 5.56 Å². The zero-order valence-corrected chi connectivity index (χ0v) is 13.4. The summed E-state index contributed by atoms with van der Waals surface area (Å²) in [6.45, 7) is 0. The molecule has 0 fully saturated rings. The minimum Gasteiger partial charge on any atom is -0.306 e. The number of hydrogen-bond acceptors (Lipinski definition) is 2. The van der Waals surface area contributed by atoms with Gasteiger partial charge in [-0.15, -0.1) is 0 Å². The first-order valence-corrected chi connectivity index (χ1v) is 7.88. The van der Waals surface area contributed by atoms with Crippen molar-refractivity contribution >= 4 is 17.2 Å². The van der Waals surface area contributed by atoms with Crippen molar-refractivity contribution in [2.75, 3.05) is 0 Å². The fourth-order valence-electron chi connectivity index (χ4n) is 2.88. The number of aromatic nitrogens is 2. The van der Waals surface area contributed by atoms with Crippen LogP contribution in [0.15, 0.2) is 73.1 Å². The number of rotatable bonds is 2. The van der Waals surface area contributed by atoms with Crippen molar-refractivity contribution < 1.29 is 0 Å². The Morgan fingerprint density at radius 2 is 1.71 bits per heavy atom. The number of hydrogen-bond donors (Lipinski definition) is 0. The highest BCUT2D eigenvalue weighted by atomic mass is 35.5. The summed E-state index contributed by atoms with van der Waals surface area (Å²) in [5, 5.41) is 10.2. The molecular weight excluding hydrogens is 318 g/mol. The maximum absolute atomic E-state index is 9.58. The number of pyridine rings is 1. The smallest absolute Gasteiger partial charge is 0.137 e. The number of halogens is 1. The van der Waals surface area contributed by atoms with E-state index in [9.17, 15) is 5.26 Å². The standard InChI is InChI=1S/C20H12ClN3/c21-17-9-2-1-7-15(17)16-8-5-6-14(12-22)20(16)18-13-24-11-4-3-10-19(24)23-18/h1-11,13H. The molecule has 3 nitrogen and oxygen atoms in total. The maximum atomic E-state index is 9.58. The molecular formula is C20H12ClN3. The Morgan fingerprint density at radius 3 is 2.50 bits per heavy atom. The van der Waals surface area contributed by atoms with Gasteiger partial charge in [0, 0.05) is 28.5 Å². The number of fused-ring (bicyclic) bond motifs is 1.